The van der Waals surface area contributed by atoms with Crippen molar-refractivity contribution in [2.24, 2.45) is 0 Å². The van der Waals surface area contributed by atoms with Crippen LogP contribution < -0.4 is 0 Å². The summed E-state index contributed by atoms with van der Waals surface area (Å²) in [5, 5.41) is 2.64. The monoisotopic (exact) mass is 555 g/mol. The average molecular weight is 556 g/mol. The summed E-state index contributed by atoms with van der Waals surface area (Å²) >= 11 is 0. The van der Waals surface area contributed by atoms with E-state index in [1.54, 1.807) is 0 Å². The Labute approximate surface area is 220 Å². The van der Waals surface area contributed by atoms with Crippen molar-refractivity contribution in [3.05, 3.63) is 0 Å². The van der Waals surface area contributed by atoms with Gasteiger partial charge in [-0.1, -0.05) is 164 Å². The Bertz CT molecular complexity index is 665. The van der Waals surface area contributed by atoms with Gasteiger partial charge in [0.2, 0.25) is 0 Å². The van der Waals surface area contributed by atoms with E-state index >= 15 is 0 Å². The van der Waals surface area contributed by atoms with E-state index in [9.17, 15) is 0 Å². The Morgan fingerprint density at radius 1 is 0.455 bits per heavy atom. The van der Waals surface area contributed by atoms with Gasteiger partial charge in [0.15, 0.2) is 0 Å². The van der Waals surface area contributed by atoms with E-state index in [1.165, 1.54) is 16.7 Å². The van der Waals surface area contributed by atoms with E-state index in [2.05, 4.69) is 144 Å². The van der Waals surface area contributed by atoms with Crippen LogP contribution in [0.1, 0.15) is 125 Å². The molecule has 0 aliphatic heterocycles. The van der Waals surface area contributed by atoms with Gasteiger partial charge in [0.25, 0.3) is 0 Å². The average Bonchev–Trinajstić information content (AvgIpc) is 2.46. The molecule has 0 heterocycles. The normalized spacial score (nSPS) is 16.8. The van der Waals surface area contributed by atoms with E-state index in [0.29, 0.717) is 30.2 Å². The summed E-state index contributed by atoms with van der Waals surface area (Å²) in [4.78, 5) is 0. The first-order valence-corrected chi connectivity index (χ1v) is 29.2. The zero-order valence-electron chi connectivity index (χ0n) is 27.0. The van der Waals surface area contributed by atoms with Crippen LogP contribution in [0.2, 0.25) is 49.9 Å². The molecule has 0 bridgehead atoms. The molecule has 0 aliphatic rings. The minimum Gasteiger partial charge on any atom is -0.253 e. The Morgan fingerprint density at radius 2 is 0.727 bits per heavy atom. The molecule has 0 nitrogen and oxygen atoms in total. The molecule has 0 aromatic rings. The van der Waals surface area contributed by atoms with E-state index in [1.807, 2.05) is 0 Å². The summed E-state index contributed by atoms with van der Waals surface area (Å²) in [5.74, 6) is 0. The van der Waals surface area contributed by atoms with Crippen molar-refractivity contribution in [2.75, 3.05) is 0 Å². The highest BCUT2D eigenvalue weighted by molar-refractivity contribution is 7.74. The van der Waals surface area contributed by atoms with Gasteiger partial charge in [0.05, 0.1) is 0 Å². The first kappa shape index (κ1) is 34.3. The van der Waals surface area contributed by atoms with Gasteiger partial charge >= 0.3 is 0 Å². The third-order valence-electron chi connectivity index (χ3n) is 10.2. The van der Waals surface area contributed by atoms with Gasteiger partial charge in [-0.3, -0.25) is 16.7 Å². The fourth-order valence-electron chi connectivity index (χ4n) is 5.66. The Hall–Kier alpha value is 1.30. The SMILES string of the molecule is CC(C)(C)[Si](C)([Si]=[Si]([Si-][Si](C)(C(C)(C)C)C(C)(C)C)[Si](C)(C(C)(C)C)C(C)(C)C)C(C)(C)C. The smallest absolute Gasteiger partial charge is 0.0310 e. The van der Waals surface area contributed by atoms with Crippen LogP contribution in [0.5, 0.6) is 0 Å². The first-order chi connectivity index (χ1) is 13.8. The molecule has 0 N–H and O–H groups in total. The highest BCUT2D eigenvalue weighted by Crippen LogP contribution is 2.55. The zero-order valence-corrected chi connectivity index (χ0v) is 33.0. The third-order valence-corrected chi connectivity index (χ3v) is 87.8. The summed E-state index contributed by atoms with van der Waals surface area (Å²) in [7, 11) is -2.25. The number of rotatable bonds is 4. The molecule has 2 radical (unpaired) electrons. The third kappa shape index (κ3) is 6.42. The molecule has 33 heavy (non-hydrogen) atoms. The minimum atomic E-state index is -1.62. The van der Waals surface area contributed by atoms with Crippen molar-refractivity contribution in [2.45, 2.75) is 174 Å². The molecule has 0 atom stereocenters. The molecule has 0 saturated carbocycles. The molecule has 0 saturated heterocycles. The summed E-state index contributed by atoms with van der Waals surface area (Å²) in [5.41, 5.74) is 0. The van der Waals surface area contributed by atoms with Crippen LogP contribution in [0.25, 0.3) is 0 Å². The predicted molar refractivity (Wildman–Crippen MR) is 170 cm³/mol. The second kappa shape index (κ2) is 9.56. The maximum absolute atomic E-state index is 2.88. The molecule has 0 aromatic heterocycles. The van der Waals surface area contributed by atoms with Crippen molar-refractivity contribution < 1.29 is 0 Å². The molecule has 0 fully saturated rings. The van der Waals surface area contributed by atoms with Crippen molar-refractivity contribution in [1.82, 2.24) is 0 Å². The largest absolute Gasteiger partial charge is 0.253 e. The molecule has 0 spiro atoms. The van der Waals surface area contributed by atoms with Crippen molar-refractivity contribution in [3.63, 3.8) is 0 Å². The fraction of sp³-hybridized carbons (Fsp3) is 1.00. The van der Waals surface area contributed by atoms with Crippen LogP contribution in [0.4, 0.5) is 0 Å². The van der Waals surface area contributed by atoms with Crippen LogP contribution in [0.15, 0.2) is 0 Å². The number of hydrogen-bond donors (Lipinski definition) is 0. The van der Waals surface area contributed by atoms with Crippen molar-refractivity contribution in [3.8, 4) is 0 Å². The second-order valence-corrected chi connectivity index (χ2v) is 58.5. The van der Waals surface area contributed by atoms with E-state index < -0.39 is 29.7 Å². The molecule has 0 aliphatic carbocycles. The van der Waals surface area contributed by atoms with E-state index in [0.717, 1.165) is 0 Å². The van der Waals surface area contributed by atoms with Gasteiger partial charge < -0.3 is 0 Å². The molecule has 0 amide bonds. The van der Waals surface area contributed by atoms with Crippen LogP contribution >= 0.6 is 0 Å². The van der Waals surface area contributed by atoms with Crippen LogP contribution in [-0.2, 0) is 0 Å². The quantitative estimate of drug-likeness (QED) is 0.303. The first-order valence-electron chi connectivity index (χ1n) is 13.2. The maximum Gasteiger partial charge on any atom is 0.0310 e. The zero-order chi connectivity index (χ0) is 27.5. The van der Waals surface area contributed by atoms with Crippen LogP contribution in [0, 0.1) is 0 Å². The summed E-state index contributed by atoms with van der Waals surface area (Å²) < 4.78 is 0. The molecule has 6 heteroatoms. The summed E-state index contributed by atoms with van der Waals surface area (Å²) in [6, 6.07) is 0. The fourth-order valence-corrected chi connectivity index (χ4v) is 119. The van der Waals surface area contributed by atoms with Gasteiger partial charge in [0, 0.05) is 7.59 Å². The highest BCUT2D eigenvalue weighted by Gasteiger charge is 2.52. The molecular weight excluding hydrogens is 493 g/mol. The lowest BCUT2D eigenvalue weighted by Crippen LogP contribution is -2.70. The summed E-state index contributed by atoms with van der Waals surface area (Å²) in [6.07, 6.45) is 0. The minimum absolute atomic E-state index is 0.440. The molecule has 196 valence electrons. The predicted octanol–water partition coefficient (Wildman–Crippen LogP) is 9.99. The van der Waals surface area contributed by atoms with Crippen LogP contribution in [-0.4, -0.2) is 46.4 Å². The Kier molecular flexibility index (Phi) is 9.93. The van der Waals surface area contributed by atoms with Gasteiger partial charge in [-0.05, 0) is 25.3 Å². The van der Waals surface area contributed by atoms with Gasteiger partial charge in [0.1, 0.15) is 0 Å². The van der Waals surface area contributed by atoms with Gasteiger partial charge in [-0.15, -0.1) is 0 Å². The van der Waals surface area contributed by atoms with Gasteiger partial charge in [-0.25, -0.2) is 6.93 Å². The lowest BCUT2D eigenvalue weighted by molar-refractivity contribution is 0.634. The molecule has 0 rings (SSSR count). The molecule has 0 unspecified atom stereocenters. The Balaban J connectivity index is 7.80. The van der Waals surface area contributed by atoms with E-state index in [4.69, 9.17) is 0 Å². The molecule has 0 aromatic carbocycles. The summed E-state index contributed by atoms with van der Waals surface area (Å²) in [6.45, 7) is 54.9. The highest BCUT2D eigenvalue weighted by atomic mass is 29.9. The van der Waals surface area contributed by atoms with Crippen LogP contribution in [0.3, 0.4) is 0 Å². The maximum atomic E-state index is 2.88. The lowest BCUT2D eigenvalue weighted by atomic mass is 10.2. The van der Waals surface area contributed by atoms with Gasteiger partial charge in [-0.2, -0.15) is 0 Å². The standard InChI is InChI=1S/C27H63Si6/c1-22(2,3)31(19,23(4,5)6)28-30(33(21,26(13,14)15)27(16,17)18)29-32(20,24(7,8)9)25(10,11)12/h1-21H3/q-1. The second-order valence-electron chi connectivity index (χ2n) is 17.5. The van der Waals surface area contributed by atoms with Crippen molar-refractivity contribution in [1.29, 1.82) is 0 Å². The lowest BCUT2D eigenvalue weighted by Gasteiger charge is -2.64. The topological polar surface area (TPSA) is 0 Å². The number of hydrogen-bond acceptors (Lipinski definition) is 0. The Morgan fingerprint density at radius 3 is 0.909 bits per heavy atom. The molecular formula is C27H63Si6-. The van der Waals surface area contributed by atoms with Crippen molar-refractivity contribution >= 4 is 46.4 Å². The van der Waals surface area contributed by atoms with E-state index in [-0.39, 0.29) is 0 Å².